The maximum absolute atomic E-state index is 12.9. The summed E-state index contributed by atoms with van der Waals surface area (Å²) in [5, 5.41) is 0. The minimum atomic E-state index is -0.774. The second kappa shape index (κ2) is 67.1. The van der Waals surface area contributed by atoms with Crippen LogP contribution in [0.5, 0.6) is 0 Å². The van der Waals surface area contributed by atoms with Gasteiger partial charge in [-0.3, -0.25) is 14.4 Å². The van der Waals surface area contributed by atoms with E-state index in [0.29, 0.717) is 19.3 Å². The molecule has 0 rings (SSSR count). The van der Waals surface area contributed by atoms with E-state index >= 15 is 0 Å². The quantitative estimate of drug-likeness (QED) is 0.0261. The van der Waals surface area contributed by atoms with Crippen LogP contribution < -0.4 is 0 Å². The van der Waals surface area contributed by atoms with Crippen molar-refractivity contribution >= 4 is 17.9 Å². The maximum Gasteiger partial charge on any atom is 0.306 e. The van der Waals surface area contributed by atoms with Crippen LogP contribution in [0.3, 0.4) is 0 Å². The molecule has 1 unspecified atom stereocenters. The molecule has 0 spiro atoms. The predicted molar refractivity (Wildman–Crippen MR) is 339 cm³/mol. The molecule has 458 valence electrons. The van der Waals surface area contributed by atoms with Gasteiger partial charge in [0.1, 0.15) is 13.2 Å². The molecule has 0 aromatic rings. The number of unbranched alkanes of at least 4 members (excludes halogenated alkanes) is 48. The minimum Gasteiger partial charge on any atom is -0.462 e. The number of esters is 3. The van der Waals surface area contributed by atoms with Gasteiger partial charge >= 0.3 is 17.9 Å². The first-order valence-electron chi connectivity index (χ1n) is 35.0. The van der Waals surface area contributed by atoms with Crippen molar-refractivity contribution in [2.45, 2.75) is 393 Å². The summed E-state index contributed by atoms with van der Waals surface area (Å²) in [5.74, 6) is -0.848. The summed E-state index contributed by atoms with van der Waals surface area (Å²) in [5.41, 5.74) is 0. The smallest absolute Gasteiger partial charge is 0.306 e. The van der Waals surface area contributed by atoms with E-state index in [-0.39, 0.29) is 31.1 Å². The van der Waals surface area contributed by atoms with Crippen LogP contribution in [0.25, 0.3) is 0 Å². The molecular formula is C72H134O6. The topological polar surface area (TPSA) is 78.9 Å². The highest BCUT2D eigenvalue weighted by molar-refractivity contribution is 5.71. The van der Waals surface area contributed by atoms with Gasteiger partial charge in [0.15, 0.2) is 6.10 Å². The Bertz CT molecular complexity index is 1300. The molecule has 0 amide bonds. The summed E-state index contributed by atoms with van der Waals surface area (Å²) in [7, 11) is 0. The first-order chi connectivity index (χ1) is 38.5. The monoisotopic (exact) mass is 1100 g/mol. The molecule has 0 aromatic carbocycles. The lowest BCUT2D eigenvalue weighted by Gasteiger charge is -2.18. The van der Waals surface area contributed by atoms with E-state index in [1.807, 2.05) is 0 Å². The lowest BCUT2D eigenvalue weighted by atomic mass is 10.0. The zero-order valence-corrected chi connectivity index (χ0v) is 52.7. The van der Waals surface area contributed by atoms with Gasteiger partial charge in [-0.05, 0) is 51.4 Å². The molecule has 0 aromatic heterocycles. The molecule has 0 saturated heterocycles. The largest absolute Gasteiger partial charge is 0.462 e. The lowest BCUT2D eigenvalue weighted by molar-refractivity contribution is -0.167. The Labute approximate surface area is 486 Å². The van der Waals surface area contributed by atoms with Gasteiger partial charge in [-0.25, -0.2) is 0 Å². The predicted octanol–water partition coefficient (Wildman–Crippen LogP) is 23.9. The number of allylic oxidation sites excluding steroid dienone is 6. The number of hydrogen-bond donors (Lipinski definition) is 0. The molecule has 1 atom stereocenters. The van der Waals surface area contributed by atoms with Gasteiger partial charge in [-0.2, -0.15) is 0 Å². The van der Waals surface area contributed by atoms with Crippen LogP contribution in [0.2, 0.25) is 0 Å². The average molecular weight is 1100 g/mol. The summed E-state index contributed by atoms with van der Waals surface area (Å²) < 4.78 is 17.0. The molecular weight excluding hydrogens is 961 g/mol. The van der Waals surface area contributed by atoms with Gasteiger partial charge < -0.3 is 14.2 Å². The highest BCUT2D eigenvalue weighted by atomic mass is 16.6. The fourth-order valence-electron chi connectivity index (χ4n) is 10.7. The second-order valence-electron chi connectivity index (χ2n) is 23.8. The van der Waals surface area contributed by atoms with Gasteiger partial charge in [0.25, 0.3) is 0 Å². The van der Waals surface area contributed by atoms with Crippen molar-refractivity contribution in [2.75, 3.05) is 13.2 Å². The summed E-state index contributed by atoms with van der Waals surface area (Å²) in [6, 6.07) is 0. The van der Waals surface area contributed by atoms with Crippen molar-refractivity contribution in [3.8, 4) is 0 Å². The van der Waals surface area contributed by atoms with Crippen LogP contribution in [-0.2, 0) is 28.6 Å². The van der Waals surface area contributed by atoms with Crippen LogP contribution in [0.4, 0.5) is 0 Å². The van der Waals surface area contributed by atoms with Gasteiger partial charge in [-0.15, -0.1) is 0 Å². The van der Waals surface area contributed by atoms with Crippen LogP contribution in [-0.4, -0.2) is 37.2 Å². The zero-order chi connectivity index (χ0) is 56.4. The molecule has 0 radical (unpaired) electrons. The lowest BCUT2D eigenvalue weighted by Crippen LogP contribution is -2.30. The molecule has 0 fully saturated rings. The third kappa shape index (κ3) is 64.5. The molecule has 6 nitrogen and oxygen atoms in total. The Kier molecular flexibility index (Phi) is 65.1. The molecule has 0 N–H and O–H groups in total. The van der Waals surface area contributed by atoms with E-state index < -0.39 is 6.10 Å². The van der Waals surface area contributed by atoms with E-state index in [1.165, 1.54) is 263 Å². The Morgan fingerprint density at radius 3 is 0.782 bits per heavy atom. The third-order valence-corrected chi connectivity index (χ3v) is 15.9. The van der Waals surface area contributed by atoms with Crippen molar-refractivity contribution in [2.24, 2.45) is 0 Å². The fourth-order valence-corrected chi connectivity index (χ4v) is 10.7. The van der Waals surface area contributed by atoms with Crippen LogP contribution in [0, 0.1) is 0 Å². The number of ether oxygens (including phenoxy) is 3. The number of rotatable bonds is 65. The van der Waals surface area contributed by atoms with Gasteiger partial charge in [0.05, 0.1) is 0 Å². The first kappa shape index (κ1) is 75.6. The van der Waals surface area contributed by atoms with Crippen LogP contribution in [0.15, 0.2) is 36.5 Å². The van der Waals surface area contributed by atoms with Gasteiger partial charge in [0.2, 0.25) is 0 Å². The molecule has 0 heterocycles. The summed E-state index contributed by atoms with van der Waals surface area (Å²) >= 11 is 0. The minimum absolute atomic E-state index is 0.0692. The highest BCUT2D eigenvalue weighted by Crippen LogP contribution is 2.19. The SMILES string of the molecule is CC/C=C\C/C=C\C/C=C\CCCCCCCCCC(=O)OCC(COC(=O)CCCCCCCCCCCCCCCCCCCCCCCCCC)OC(=O)CCCCCCCCCCCCCCCCCCCCC. The fraction of sp³-hybridized carbons (Fsp3) is 0.875. The van der Waals surface area contributed by atoms with Crippen LogP contribution >= 0.6 is 0 Å². The van der Waals surface area contributed by atoms with Gasteiger partial charge in [0, 0.05) is 19.3 Å². The Morgan fingerprint density at radius 1 is 0.269 bits per heavy atom. The number of carbonyl (C=O) groups excluding carboxylic acids is 3. The third-order valence-electron chi connectivity index (χ3n) is 15.9. The Balaban J connectivity index is 4.28. The van der Waals surface area contributed by atoms with Crippen molar-refractivity contribution in [3.05, 3.63) is 36.5 Å². The molecule has 0 aliphatic carbocycles. The van der Waals surface area contributed by atoms with Crippen molar-refractivity contribution in [1.82, 2.24) is 0 Å². The molecule has 0 saturated carbocycles. The van der Waals surface area contributed by atoms with Crippen LogP contribution in [0.1, 0.15) is 387 Å². The zero-order valence-electron chi connectivity index (χ0n) is 52.7. The second-order valence-corrected chi connectivity index (χ2v) is 23.8. The van der Waals surface area contributed by atoms with E-state index in [1.54, 1.807) is 0 Å². The van der Waals surface area contributed by atoms with Gasteiger partial charge in [-0.1, -0.05) is 353 Å². The van der Waals surface area contributed by atoms with E-state index in [2.05, 4.69) is 57.2 Å². The molecule has 78 heavy (non-hydrogen) atoms. The Morgan fingerprint density at radius 2 is 0.500 bits per heavy atom. The molecule has 0 bridgehead atoms. The van der Waals surface area contributed by atoms with Crippen molar-refractivity contribution in [3.63, 3.8) is 0 Å². The summed E-state index contributed by atoms with van der Waals surface area (Å²) in [6.07, 6.45) is 83.1. The van der Waals surface area contributed by atoms with E-state index in [9.17, 15) is 14.4 Å². The van der Waals surface area contributed by atoms with E-state index in [0.717, 1.165) is 83.5 Å². The molecule has 0 aliphatic heterocycles. The first-order valence-corrected chi connectivity index (χ1v) is 35.0. The maximum atomic E-state index is 12.9. The van der Waals surface area contributed by atoms with Crippen molar-refractivity contribution in [1.29, 1.82) is 0 Å². The van der Waals surface area contributed by atoms with Crippen molar-refractivity contribution < 1.29 is 28.6 Å². The molecule has 6 heteroatoms. The summed E-state index contributed by atoms with van der Waals surface area (Å²) in [6.45, 7) is 6.61. The Hall–Kier alpha value is -2.37. The summed E-state index contributed by atoms with van der Waals surface area (Å²) in [4.78, 5) is 38.4. The standard InChI is InChI=1S/C72H134O6/c1-4-7-10-13-16-19-22-25-28-31-33-34-35-36-37-39-41-44-47-50-53-56-59-62-65-71(74)77-68-69(67-76-70(73)64-61-58-55-52-49-46-43-40-30-27-24-21-18-15-12-9-6-3)78-72(75)66-63-60-57-54-51-48-45-42-38-32-29-26-23-20-17-14-11-8-5-2/h9,12,18,21,27,30,69H,4-8,10-11,13-17,19-20,22-26,28-29,31-68H2,1-3H3/b12-9-,21-18-,30-27-. The number of hydrogen-bond acceptors (Lipinski definition) is 6. The van der Waals surface area contributed by atoms with E-state index in [4.69, 9.17) is 14.2 Å². The average Bonchev–Trinajstić information content (AvgIpc) is 3.44. The molecule has 0 aliphatic rings. The normalized spacial score (nSPS) is 12.2. The highest BCUT2D eigenvalue weighted by Gasteiger charge is 2.19. The number of carbonyl (C=O) groups is 3.